The second-order valence-electron chi connectivity index (χ2n) is 6.58. The van der Waals surface area contributed by atoms with E-state index in [0.717, 1.165) is 30.0 Å². The number of hydrogen-bond donors (Lipinski definition) is 2. The standard InChI is InChI=1S/C21H19N5O/c1-21(27,17-3-2-10-23-14-17)9-6-15-4-5-16-8-12-26(18(16)13-15)19-7-11-24-20(22)25-19/h2-5,7,10-11,13-14,27H,8,12H2,1H3,(H2,22,24,25). The Hall–Kier alpha value is -3.43. The number of nitrogens with two attached hydrogens (primary N) is 1. The first kappa shape index (κ1) is 17.0. The zero-order chi connectivity index (χ0) is 18.9. The molecule has 3 N–H and O–H groups in total. The number of fused-ring (bicyclic) bond motifs is 1. The molecule has 0 amide bonds. The first-order valence-electron chi connectivity index (χ1n) is 8.68. The van der Waals surface area contributed by atoms with Gasteiger partial charge in [-0.05, 0) is 43.2 Å². The van der Waals surface area contributed by atoms with E-state index in [4.69, 9.17) is 5.73 Å². The fourth-order valence-electron chi connectivity index (χ4n) is 3.13. The predicted molar refractivity (Wildman–Crippen MR) is 104 cm³/mol. The zero-order valence-corrected chi connectivity index (χ0v) is 14.9. The zero-order valence-electron chi connectivity index (χ0n) is 14.9. The van der Waals surface area contributed by atoms with Gasteiger partial charge in [-0.25, -0.2) is 4.98 Å². The molecule has 3 aromatic rings. The second kappa shape index (κ2) is 6.71. The van der Waals surface area contributed by atoms with Crippen molar-refractivity contribution in [2.75, 3.05) is 17.2 Å². The molecule has 6 heteroatoms. The van der Waals surface area contributed by atoms with E-state index in [1.54, 1.807) is 31.6 Å². The van der Waals surface area contributed by atoms with Crippen LogP contribution in [0.4, 0.5) is 17.5 Å². The highest BCUT2D eigenvalue weighted by Gasteiger charge is 2.22. The third-order valence-corrected chi connectivity index (χ3v) is 4.59. The maximum atomic E-state index is 10.6. The predicted octanol–water partition coefficient (Wildman–Crippen LogP) is 2.41. The summed E-state index contributed by atoms with van der Waals surface area (Å²) in [5.74, 6) is 7.06. The lowest BCUT2D eigenvalue weighted by molar-refractivity contribution is 0.122. The van der Waals surface area contributed by atoms with Gasteiger partial charge in [-0.15, -0.1) is 0 Å². The third-order valence-electron chi connectivity index (χ3n) is 4.59. The number of nitrogen functional groups attached to an aromatic ring is 1. The van der Waals surface area contributed by atoms with Gasteiger partial charge in [0.25, 0.3) is 0 Å². The molecule has 1 unspecified atom stereocenters. The van der Waals surface area contributed by atoms with Crippen LogP contribution in [0.15, 0.2) is 55.0 Å². The molecule has 3 heterocycles. The minimum atomic E-state index is -1.27. The molecule has 0 bridgehead atoms. The minimum absolute atomic E-state index is 0.254. The number of anilines is 3. The van der Waals surface area contributed by atoms with Crippen molar-refractivity contribution in [3.8, 4) is 11.8 Å². The Kier molecular flexibility index (Phi) is 4.22. The van der Waals surface area contributed by atoms with Crippen molar-refractivity contribution in [1.82, 2.24) is 15.0 Å². The molecule has 0 fully saturated rings. The van der Waals surface area contributed by atoms with Crippen LogP contribution in [0.5, 0.6) is 0 Å². The molecule has 1 aliphatic rings. The normalized spacial score (nSPS) is 14.8. The fraction of sp³-hybridized carbons (Fsp3) is 0.190. The highest BCUT2D eigenvalue weighted by atomic mass is 16.3. The van der Waals surface area contributed by atoms with Gasteiger partial charge in [0.05, 0.1) is 0 Å². The van der Waals surface area contributed by atoms with Crippen LogP contribution >= 0.6 is 0 Å². The largest absolute Gasteiger partial charge is 0.374 e. The molecule has 0 radical (unpaired) electrons. The van der Waals surface area contributed by atoms with Crippen molar-refractivity contribution in [3.63, 3.8) is 0 Å². The third kappa shape index (κ3) is 3.46. The average molecular weight is 357 g/mol. The summed E-state index contributed by atoms with van der Waals surface area (Å²) in [5, 5.41) is 10.6. The Morgan fingerprint density at radius 1 is 1.22 bits per heavy atom. The van der Waals surface area contributed by atoms with Gasteiger partial charge in [0.15, 0.2) is 0 Å². The average Bonchev–Trinajstić information content (AvgIpc) is 3.10. The summed E-state index contributed by atoms with van der Waals surface area (Å²) in [7, 11) is 0. The molecule has 2 aromatic heterocycles. The fourth-order valence-corrected chi connectivity index (χ4v) is 3.13. The van der Waals surface area contributed by atoms with E-state index < -0.39 is 5.60 Å². The Morgan fingerprint density at radius 2 is 2.11 bits per heavy atom. The number of aromatic nitrogens is 3. The Morgan fingerprint density at radius 3 is 2.89 bits per heavy atom. The van der Waals surface area contributed by atoms with Crippen LogP contribution < -0.4 is 10.6 Å². The second-order valence-corrected chi connectivity index (χ2v) is 6.58. The van der Waals surface area contributed by atoms with Gasteiger partial charge in [0.1, 0.15) is 11.4 Å². The van der Waals surface area contributed by atoms with Gasteiger partial charge in [-0.1, -0.05) is 24.0 Å². The van der Waals surface area contributed by atoms with Gasteiger partial charge in [0.2, 0.25) is 5.95 Å². The molecule has 0 aliphatic carbocycles. The van der Waals surface area contributed by atoms with Crippen LogP contribution in [0.25, 0.3) is 0 Å². The Balaban J connectivity index is 1.65. The molecular weight excluding hydrogens is 338 g/mol. The lowest BCUT2D eigenvalue weighted by Crippen LogP contribution is -2.18. The summed E-state index contributed by atoms with van der Waals surface area (Å²) in [6.07, 6.45) is 5.88. The molecule has 1 aliphatic heterocycles. The number of pyridine rings is 1. The van der Waals surface area contributed by atoms with E-state index in [2.05, 4.69) is 37.8 Å². The summed E-state index contributed by atoms with van der Waals surface area (Å²) >= 11 is 0. The van der Waals surface area contributed by atoms with Gasteiger partial charge >= 0.3 is 0 Å². The van der Waals surface area contributed by atoms with Crippen molar-refractivity contribution in [3.05, 3.63) is 71.7 Å². The van der Waals surface area contributed by atoms with Crippen molar-refractivity contribution in [2.24, 2.45) is 0 Å². The summed E-state index contributed by atoms with van der Waals surface area (Å²) in [4.78, 5) is 14.4. The van der Waals surface area contributed by atoms with Crippen LogP contribution in [-0.2, 0) is 12.0 Å². The number of rotatable bonds is 2. The first-order chi connectivity index (χ1) is 13.0. The quantitative estimate of drug-likeness (QED) is 0.685. The van der Waals surface area contributed by atoms with Gasteiger partial charge in [0, 0.05) is 41.9 Å². The van der Waals surface area contributed by atoms with E-state index >= 15 is 0 Å². The van der Waals surface area contributed by atoms with E-state index in [1.165, 1.54) is 5.56 Å². The summed E-state index contributed by atoms with van der Waals surface area (Å²) < 4.78 is 0. The van der Waals surface area contributed by atoms with Crippen molar-refractivity contribution in [2.45, 2.75) is 18.9 Å². The van der Waals surface area contributed by atoms with Gasteiger partial charge < -0.3 is 15.7 Å². The molecule has 27 heavy (non-hydrogen) atoms. The molecule has 0 saturated heterocycles. The van der Waals surface area contributed by atoms with Gasteiger partial charge in [-0.3, -0.25) is 4.98 Å². The Bertz CT molecular complexity index is 1040. The Labute approximate surface area is 157 Å². The van der Waals surface area contributed by atoms with Crippen molar-refractivity contribution >= 4 is 17.5 Å². The molecule has 0 saturated carbocycles. The number of aliphatic hydroxyl groups is 1. The summed E-state index contributed by atoms with van der Waals surface area (Å²) in [5.41, 5.74) is 8.23. The molecular formula is C21H19N5O. The first-order valence-corrected chi connectivity index (χ1v) is 8.68. The van der Waals surface area contributed by atoms with Crippen LogP contribution in [0.3, 0.4) is 0 Å². The van der Waals surface area contributed by atoms with E-state index in [0.29, 0.717) is 5.56 Å². The lowest BCUT2D eigenvalue weighted by atomic mass is 9.98. The number of benzene rings is 1. The molecule has 6 nitrogen and oxygen atoms in total. The number of hydrogen-bond acceptors (Lipinski definition) is 6. The minimum Gasteiger partial charge on any atom is -0.374 e. The number of nitrogens with zero attached hydrogens (tertiary/aromatic N) is 4. The van der Waals surface area contributed by atoms with Crippen LogP contribution in [0.2, 0.25) is 0 Å². The molecule has 134 valence electrons. The smallest absolute Gasteiger partial charge is 0.221 e. The van der Waals surface area contributed by atoms with Crippen LogP contribution in [-0.4, -0.2) is 26.6 Å². The topological polar surface area (TPSA) is 88.2 Å². The maximum Gasteiger partial charge on any atom is 0.221 e. The SMILES string of the molecule is CC(O)(C#Cc1ccc2c(c1)N(c1ccnc(N)n1)CC2)c1cccnc1. The van der Waals surface area contributed by atoms with E-state index in [1.807, 2.05) is 24.3 Å². The van der Waals surface area contributed by atoms with E-state index in [9.17, 15) is 5.11 Å². The van der Waals surface area contributed by atoms with Gasteiger partial charge in [-0.2, -0.15) is 4.98 Å². The van der Waals surface area contributed by atoms with Crippen molar-refractivity contribution in [1.29, 1.82) is 0 Å². The molecule has 0 spiro atoms. The highest BCUT2D eigenvalue weighted by molar-refractivity contribution is 5.69. The van der Waals surface area contributed by atoms with Crippen LogP contribution in [0, 0.1) is 11.8 Å². The maximum absolute atomic E-state index is 10.6. The summed E-state index contributed by atoms with van der Waals surface area (Å²) in [6, 6.07) is 11.5. The van der Waals surface area contributed by atoms with Crippen LogP contribution in [0.1, 0.15) is 23.6 Å². The lowest BCUT2D eigenvalue weighted by Gasteiger charge is -2.18. The summed E-state index contributed by atoms with van der Waals surface area (Å²) in [6.45, 7) is 2.50. The van der Waals surface area contributed by atoms with Crippen molar-refractivity contribution < 1.29 is 5.11 Å². The monoisotopic (exact) mass is 357 g/mol. The highest BCUT2D eigenvalue weighted by Crippen LogP contribution is 2.34. The molecule has 4 rings (SSSR count). The molecule has 1 atom stereocenters. The molecule has 1 aromatic carbocycles. The van der Waals surface area contributed by atoms with E-state index in [-0.39, 0.29) is 5.95 Å².